The number of nitrogens with zero attached hydrogens (tertiary/aromatic N) is 3. The van der Waals surface area contributed by atoms with Crippen LogP contribution in [0.3, 0.4) is 0 Å². The minimum atomic E-state index is -2.40. The molecule has 0 saturated carbocycles. The molecule has 5 heterocycles. The Morgan fingerprint density at radius 1 is 0.957 bits per heavy atom. The number of hydrogen-bond donors (Lipinski definition) is 4. The number of cyclic esters (lactones) is 1. The fourth-order valence-corrected chi connectivity index (χ4v) is 9.68. The number of aliphatic hydroxyl groups is 3. The molecule has 0 spiro atoms. The molecule has 0 unspecified atom stereocenters. The number of nitrogens with one attached hydrogen (secondary N) is 1. The van der Waals surface area contributed by atoms with Crippen molar-refractivity contribution in [1.29, 1.82) is 0 Å². The van der Waals surface area contributed by atoms with Gasteiger partial charge in [0, 0.05) is 42.5 Å². The summed E-state index contributed by atoms with van der Waals surface area (Å²) < 4.78 is 41.0. The van der Waals surface area contributed by atoms with Crippen molar-refractivity contribution in [1.82, 2.24) is 10.3 Å². The van der Waals surface area contributed by atoms with Crippen molar-refractivity contribution in [3.8, 4) is 0 Å². The van der Waals surface area contributed by atoms with Crippen LogP contribution in [0.1, 0.15) is 120 Å². The Kier molecular flexibility index (Phi) is 17.0. The number of carbonyl (C=O) groups excluding carboxylic acids is 4. The lowest BCUT2D eigenvalue weighted by atomic mass is 9.74. The van der Waals surface area contributed by atoms with E-state index in [9.17, 15) is 44.6 Å². The molecule has 1 amide bonds. The maximum Gasteiger partial charge on any atom is 0.339 e. The van der Waals surface area contributed by atoms with E-state index in [0.717, 1.165) is 38.2 Å². The van der Waals surface area contributed by atoms with Crippen molar-refractivity contribution in [3.63, 3.8) is 0 Å². The van der Waals surface area contributed by atoms with Gasteiger partial charge in [-0.2, -0.15) is 0 Å². The molecule has 0 radical (unpaired) electrons. The van der Waals surface area contributed by atoms with Crippen LogP contribution in [0, 0.1) is 15.5 Å². The Bertz CT molecular complexity index is 2380. The van der Waals surface area contributed by atoms with E-state index in [1.807, 2.05) is 6.08 Å². The predicted octanol–water partition coefficient (Wildman–Crippen LogP) is 5.88. The van der Waals surface area contributed by atoms with E-state index in [4.69, 9.17) is 33.1 Å². The number of methoxy groups -OCH3 is 1. The van der Waals surface area contributed by atoms with E-state index < -0.39 is 65.1 Å². The first-order valence-electron chi connectivity index (χ1n) is 23.7. The average molecular weight is 963 g/mol. The van der Waals surface area contributed by atoms with Crippen LogP contribution in [0.15, 0.2) is 64.8 Å². The summed E-state index contributed by atoms with van der Waals surface area (Å²) in [7, 11) is 1.17. The number of hydrogen-bond acceptors (Lipinski definition) is 18. The van der Waals surface area contributed by atoms with Crippen molar-refractivity contribution in [2.75, 3.05) is 19.0 Å². The molecule has 20 heteroatoms. The van der Waals surface area contributed by atoms with Crippen molar-refractivity contribution in [3.05, 3.63) is 81.4 Å². The minimum absolute atomic E-state index is 0.00367. The molecule has 0 aliphatic carbocycles. The predicted molar refractivity (Wildman–Crippen MR) is 244 cm³/mol. The van der Waals surface area contributed by atoms with Gasteiger partial charge in [0.25, 0.3) is 0 Å². The van der Waals surface area contributed by atoms with Crippen LogP contribution in [-0.2, 0) is 49.2 Å². The van der Waals surface area contributed by atoms with Gasteiger partial charge in [0.15, 0.2) is 6.10 Å². The van der Waals surface area contributed by atoms with Crippen LogP contribution in [0.2, 0.25) is 0 Å². The van der Waals surface area contributed by atoms with Crippen LogP contribution in [0.5, 0.6) is 0 Å². The topological polar surface area (TPSA) is 278 Å². The number of aryl methyl sites for hydroxylation is 1. The first-order chi connectivity index (χ1) is 33.0. The lowest BCUT2D eigenvalue weighted by Crippen LogP contribution is -2.62. The van der Waals surface area contributed by atoms with Crippen LogP contribution in [-0.4, -0.2) is 123 Å². The highest BCUT2D eigenvalue weighted by Crippen LogP contribution is 2.47. The average Bonchev–Trinajstić information content (AvgIpc) is 3.81. The summed E-state index contributed by atoms with van der Waals surface area (Å²) in [5.74, 6) is -5.22. The van der Waals surface area contributed by atoms with Crippen molar-refractivity contribution < 1.29 is 72.5 Å². The smallest absolute Gasteiger partial charge is 0.339 e. The van der Waals surface area contributed by atoms with E-state index >= 15 is 0 Å². The molecule has 69 heavy (non-hydrogen) atoms. The molecule has 2 aromatic carbocycles. The summed E-state index contributed by atoms with van der Waals surface area (Å²) in [6, 6.07) is 8.95. The van der Waals surface area contributed by atoms with E-state index in [1.165, 1.54) is 25.3 Å². The normalized spacial score (nSPS) is 29.8. The Morgan fingerprint density at radius 3 is 2.45 bits per heavy atom. The molecule has 4 aliphatic rings. The monoisotopic (exact) mass is 962 g/mol. The maximum absolute atomic E-state index is 14.2. The van der Waals surface area contributed by atoms with E-state index in [1.54, 1.807) is 38.1 Å². The van der Waals surface area contributed by atoms with Gasteiger partial charge in [-0.25, -0.2) is 14.2 Å². The van der Waals surface area contributed by atoms with Gasteiger partial charge in [0.2, 0.25) is 17.2 Å². The number of benzene rings is 2. The van der Waals surface area contributed by atoms with E-state index in [2.05, 4.69) is 15.6 Å². The lowest BCUT2D eigenvalue weighted by Gasteiger charge is -2.51. The molecular formula is C49H62N4O16. The van der Waals surface area contributed by atoms with Crippen molar-refractivity contribution >= 4 is 46.2 Å². The number of nitro groups is 1. The second-order valence-electron chi connectivity index (χ2n) is 18.9. The summed E-state index contributed by atoms with van der Waals surface area (Å²) in [6.07, 6.45) is 5.89. The molecule has 4 aliphatic heterocycles. The standard InChI is InChI=1S/C49H62N4O16/c1-48(2)20-19-34-12-7-14-36(64-34)26-37-15-8-13-35(65-37)24-33(55)25-43(58)66-39(28-54)27-38-22-31(23-42(57)63-3)46(49(48,60)68-38)67-47(59)30-10-6-11-32(21-30)50-41(56)16-5-4-9-29-17-18-40(53(61)62)45-44(29)51-69-52-45/h6,10-11,17-21,23,33-39,46,54-55,60H,4-5,7-9,12-16,22,24-28H2,1-3H3,(H,50,56)/b20-19-,31-23+/t33-,34-,35+,36+,37-,38+,39-,46+,49-/m1/s1. The molecule has 9 atom stereocenters. The number of ether oxygens (including phenoxy) is 6. The molecular weight excluding hydrogens is 901 g/mol. The van der Waals surface area contributed by atoms with Gasteiger partial charge >= 0.3 is 23.6 Å². The number of aromatic nitrogens is 2. The number of fused-ring (bicyclic) bond motifs is 7. The summed E-state index contributed by atoms with van der Waals surface area (Å²) in [4.78, 5) is 64.2. The van der Waals surface area contributed by atoms with Gasteiger partial charge < -0.3 is 49.1 Å². The first-order valence-corrected chi connectivity index (χ1v) is 23.7. The molecule has 6 bridgehead atoms. The first kappa shape index (κ1) is 51.2. The van der Waals surface area contributed by atoms with E-state index in [-0.39, 0.29) is 96.0 Å². The Balaban J connectivity index is 1.10. The highest BCUT2D eigenvalue weighted by atomic mass is 16.7. The molecule has 3 saturated heterocycles. The summed E-state index contributed by atoms with van der Waals surface area (Å²) in [5, 5.41) is 55.9. The summed E-state index contributed by atoms with van der Waals surface area (Å²) in [6.45, 7) is 2.75. The molecule has 20 nitrogen and oxygen atoms in total. The Morgan fingerprint density at radius 2 is 1.70 bits per heavy atom. The number of unbranched alkanes of at least 4 members (excludes halogenated alkanes) is 1. The summed E-state index contributed by atoms with van der Waals surface area (Å²) in [5.41, 5.74) is -0.162. The fraction of sp³-hybridized carbons (Fsp3) is 0.592. The van der Waals surface area contributed by atoms with Crippen molar-refractivity contribution in [2.24, 2.45) is 5.41 Å². The minimum Gasteiger partial charge on any atom is -0.466 e. The van der Waals surface area contributed by atoms with Gasteiger partial charge in [-0.15, -0.1) is 0 Å². The van der Waals surface area contributed by atoms with E-state index in [0.29, 0.717) is 37.7 Å². The lowest BCUT2D eigenvalue weighted by molar-refractivity contribution is -0.383. The number of anilines is 1. The fourth-order valence-electron chi connectivity index (χ4n) is 9.68. The molecule has 3 aromatic rings. The highest BCUT2D eigenvalue weighted by molar-refractivity contribution is 5.95. The molecule has 7 rings (SSSR count). The third-order valence-electron chi connectivity index (χ3n) is 13.3. The number of nitro benzene ring substituents is 1. The number of non-ortho nitro benzene ring substituents is 1. The van der Waals surface area contributed by atoms with Crippen LogP contribution in [0.4, 0.5) is 11.4 Å². The molecule has 3 fully saturated rings. The largest absolute Gasteiger partial charge is 0.466 e. The second-order valence-corrected chi connectivity index (χ2v) is 18.9. The third-order valence-corrected chi connectivity index (χ3v) is 13.3. The molecule has 4 N–H and O–H groups in total. The number of esters is 3. The van der Waals surface area contributed by atoms with Crippen LogP contribution >= 0.6 is 0 Å². The quantitative estimate of drug-likeness (QED) is 0.0332. The molecule has 1 aromatic heterocycles. The van der Waals surface area contributed by atoms with Gasteiger partial charge in [0.1, 0.15) is 11.6 Å². The van der Waals surface area contributed by atoms with Gasteiger partial charge in [-0.3, -0.25) is 19.7 Å². The zero-order valence-corrected chi connectivity index (χ0v) is 39.1. The number of aliphatic hydroxyl groups excluding tert-OH is 2. The third kappa shape index (κ3) is 13.0. The maximum atomic E-state index is 14.2. The van der Waals surface area contributed by atoms with Gasteiger partial charge in [-0.1, -0.05) is 32.1 Å². The Labute approximate surface area is 398 Å². The van der Waals surface area contributed by atoms with Crippen LogP contribution in [0.25, 0.3) is 11.0 Å². The molecule has 374 valence electrons. The second kappa shape index (κ2) is 22.9. The van der Waals surface area contributed by atoms with Gasteiger partial charge in [0.05, 0.1) is 67.2 Å². The number of carbonyl (C=O) groups is 4. The number of rotatable bonds is 11. The summed E-state index contributed by atoms with van der Waals surface area (Å²) >= 11 is 0. The highest BCUT2D eigenvalue weighted by Gasteiger charge is 2.58. The Hall–Kier alpha value is -5.64. The zero-order valence-electron chi connectivity index (χ0n) is 39.1. The zero-order chi connectivity index (χ0) is 49.3. The SMILES string of the molecule is COC(=O)/C=C1\C[C@H]2C[C@H](CO)OC(=O)C[C@H](O)C[C@@H]3CCC[C@H](C[C@@H]4CCC[C@H](/C=C\C(C)(C)[C@](O)(O2)[C@H]1OC(=O)c1cccc(NC(=O)CCCCc2ccc([N+](=O)[O-])c5nonc25)c1)O4)O3. The van der Waals surface area contributed by atoms with Crippen molar-refractivity contribution in [2.45, 2.75) is 165 Å². The number of amides is 1. The van der Waals surface area contributed by atoms with Gasteiger partial charge in [-0.05, 0) is 116 Å². The van der Waals surface area contributed by atoms with Crippen LogP contribution < -0.4 is 5.32 Å².